The van der Waals surface area contributed by atoms with Crippen LogP contribution in [0.5, 0.6) is 0 Å². The maximum absolute atomic E-state index is 13.0. The van der Waals surface area contributed by atoms with E-state index in [9.17, 15) is 36.0 Å². The first kappa shape index (κ1) is 33.9. The number of ether oxygens (including phenoxy) is 1. The molecule has 0 bridgehead atoms. The molecule has 5 rings (SSSR count). The fourth-order valence-electron chi connectivity index (χ4n) is 5.32. The van der Waals surface area contributed by atoms with Gasteiger partial charge in [-0.3, -0.25) is 19.2 Å². The zero-order chi connectivity index (χ0) is 33.3. The Morgan fingerprint density at radius 2 is 1.69 bits per heavy atom. The Morgan fingerprint density at radius 1 is 1.02 bits per heavy atom. The van der Waals surface area contributed by atoms with E-state index in [2.05, 4.69) is 5.32 Å². The van der Waals surface area contributed by atoms with Crippen LogP contribution in [0.15, 0.2) is 46.2 Å². The highest BCUT2D eigenvalue weighted by Crippen LogP contribution is 2.34. The van der Waals surface area contributed by atoms with Gasteiger partial charge < -0.3 is 15.0 Å². The summed E-state index contributed by atoms with van der Waals surface area (Å²) in [5.41, 5.74) is 0.976. The van der Waals surface area contributed by atoms with Gasteiger partial charge in [0.1, 0.15) is 0 Å². The predicted octanol–water partition coefficient (Wildman–Crippen LogP) is 1.78. The van der Waals surface area contributed by atoms with E-state index in [1.165, 1.54) is 46.6 Å². The number of hydrogen-bond acceptors (Lipinski definition) is 10. The van der Waals surface area contributed by atoms with E-state index in [1.807, 2.05) is 19.9 Å². The number of benzene rings is 2. The summed E-state index contributed by atoms with van der Waals surface area (Å²) in [6, 6.07) is 9.70. The van der Waals surface area contributed by atoms with Crippen LogP contribution in [-0.2, 0) is 34.4 Å². The number of nitriles is 1. The first-order valence-electron chi connectivity index (χ1n) is 14.0. The van der Waals surface area contributed by atoms with E-state index < -0.39 is 43.4 Å². The average Bonchev–Trinajstić information content (AvgIpc) is 3.66. The highest BCUT2D eigenvalue weighted by atomic mass is 32.2. The summed E-state index contributed by atoms with van der Waals surface area (Å²) in [5.74, 6) is -2.79. The molecule has 2 aromatic rings. The normalized spacial score (nSPS) is 18.2. The lowest BCUT2D eigenvalue weighted by atomic mass is 10.1. The van der Waals surface area contributed by atoms with Crippen molar-refractivity contribution in [1.82, 2.24) is 8.61 Å². The molecule has 1 saturated heterocycles. The van der Waals surface area contributed by atoms with Crippen LogP contribution in [0.3, 0.4) is 0 Å². The van der Waals surface area contributed by atoms with Gasteiger partial charge in [0.2, 0.25) is 20.0 Å². The molecule has 0 aromatic heterocycles. The van der Waals surface area contributed by atoms with Crippen LogP contribution in [0.25, 0.3) is 0 Å². The molecule has 3 heterocycles. The number of carbonyl (C=O) groups is 4. The van der Waals surface area contributed by atoms with Gasteiger partial charge in [-0.05, 0) is 63.1 Å². The van der Waals surface area contributed by atoms with Gasteiger partial charge in [0.05, 0.1) is 45.0 Å². The van der Waals surface area contributed by atoms with Gasteiger partial charge in [-0.15, -0.1) is 0 Å². The number of sulfonamides is 2. The standard InChI is InChI=1S/C17H22N2O5S.C12H11N3O4S/c1-11(2)19-15-7-6-13(9-14(15)16(20)17(19)21)25(22,23)18-8-4-5-12(18)10-24-3;1-15(6-2-5-13)20(18,19)8-3-4-10-9(7-8)11(16)12(17)14-10/h6-7,9,11-12H,4-5,8,10H2,1-3H3;3-4,7H,2,6H2,1H3,(H,14,16,17). The van der Waals surface area contributed by atoms with E-state index >= 15 is 0 Å². The molecule has 45 heavy (non-hydrogen) atoms. The molecule has 3 aliphatic rings. The minimum absolute atomic E-state index is 0.0426. The molecule has 1 unspecified atom stereocenters. The number of rotatable bonds is 9. The molecular weight excluding hydrogens is 626 g/mol. The minimum atomic E-state index is -3.78. The van der Waals surface area contributed by atoms with Gasteiger partial charge in [-0.2, -0.15) is 13.9 Å². The van der Waals surface area contributed by atoms with Gasteiger partial charge in [0, 0.05) is 45.8 Å². The Kier molecular flexibility index (Phi) is 9.90. The van der Waals surface area contributed by atoms with Gasteiger partial charge in [-0.1, -0.05) is 0 Å². The van der Waals surface area contributed by atoms with Gasteiger partial charge in [-0.25, -0.2) is 16.8 Å². The topological polar surface area (TPSA) is 191 Å². The van der Waals surface area contributed by atoms with Crippen LogP contribution in [0.2, 0.25) is 0 Å². The third-order valence-corrected chi connectivity index (χ3v) is 11.4. The van der Waals surface area contributed by atoms with E-state index in [4.69, 9.17) is 10.00 Å². The number of carbonyl (C=O) groups excluding carboxylic acids is 4. The number of anilines is 2. The second-order valence-corrected chi connectivity index (χ2v) is 14.8. The fourth-order valence-corrected chi connectivity index (χ4v) is 8.23. The summed E-state index contributed by atoms with van der Waals surface area (Å²) < 4.78 is 58.0. The minimum Gasteiger partial charge on any atom is -0.383 e. The van der Waals surface area contributed by atoms with Crippen molar-refractivity contribution in [1.29, 1.82) is 5.26 Å². The molecule has 1 fully saturated rings. The second kappa shape index (κ2) is 13.2. The molecule has 1 atom stereocenters. The number of ketones is 2. The summed E-state index contributed by atoms with van der Waals surface area (Å²) >= 11 is 0. The highest BCUT2D eigenvalue weighted by Gasteiger charge is 2.40. The van der Waals surface area contributed by atoms with E-state index in [-0.39, 0.29) is 46.0 Å². The molecule has 240 valence electrons. The molecule has 0 saturated carbocycles. The summed E-state index contributed by atoms with van der Waals surface area (Å²) in [7, 11) is -4.62. The van der Waals surface area contributed by atoms with Crippen molar-refractivity contribution in [2.75, 3.05) is 44.1 Å². The number of fused-ring (bicyclic) bond motifs is 2. The molecule has 14 nitrogen and oxygen atoms in total. The quantitative estimate of drug-likeness (QED) is 0.388. The van der Waals surface area contributed by atoms with E-state index in [0.29, 0.717) is 24.5 Å². The fraction of sp³-hybridized carbons (Fsp3) is 0.414. The third-order valence-electron chi connectivity index (χ3n) is 7.63. The Morgan fingerprint density at radius 3 is 2.33 bits per heavy atom. The van der Waals surface area contributed by atoms with Crippen molar-refractivity contribution in [3.05, 3.63) is 47.5 Å². The monoisotopic (exact) mass is 659 g/mol. The molecule has 1 N–H and O–H groups in total. The van der Waals surface area contributed by atoms with Crippen molar-refractivity contribution >= 4 is 54.8 Å². The second-order valence-electron chi connectivity index (χ2n) is 10.9. The number of amides is 2. The average molecular weight is 660 g/mol. The van der Waals surface area contributed by atoms with Crippen LogP contribution < -0.4 is 10.2 Å². The van der Waals surface area contributed by atoms with Crippen LogP contribution >= 0.6 is 0 Å². The lowest BCUT2D eigenvalue weighted by Gasteiger charge is -2.24. The van der Waals surface area contributed by atoms with Crippen molar-refractivity contribution in [3.63, 3.8) is 0 Å². The number of hydrogen-bond donors (Lipinski definition) is 1. The molecule has 2 aromatic carbocycles. The summed E-state index contributed by atoms with van der Waals surface area (Å²) in [5, 5.41) is 10.8. The summed E-state index contributed by atoms with van der Waals surface area (Å²) in [6.07, 6.45) is 1.59. The van der Waals surface area contributed by atoms with E-state index in [0.717, 1.165) is 17.1 Å². The van der Waals surface area contributed by atoms with Crippen molar-refractivity contribution in [2.24, 2.45) is 0 Å². The first-order chi connectivity index (χ1) is 21.2. The number of methoxy groups -OCH3 is 1. The molecule has 3 aliphatic heterocycles. The molecular formula is C29H33N5O9S2. The summed E-state index contributed by atoms with van der Waals surface area (Å²) in [4.78, 5) is 48.5. The van der Waals surface area contributed by atoms with Crippen LogP contribution in [-0.4, -0.2) is 94.8 Å². The van der Waals surface area contributed by atoms with Crippen molar-refractivity contribution in [2.45, 2.75) is 55.0 Å². The Hall–Kier alpha value is -4.01. The van der Waals surface area contributed by atoms with Gasteiger partial charge in [0.15, 0.2) is 0 Å². The third kappa shape index (κ3) is 6.40. The number of nitrogens with one attached hydrogen (secondary N) is 1. The molecule has 0 aliphatic carbocycles. The van der Waals surface area contributed by atoms with Crippen LogP contribution in [0.1, 0.15) is 53.8 Å². The lowest BCUT2D eigenvalue weighted by Crippen LogP contribution is -2.38. The number of Topliss-reactive ketones (excluding diaryl/α,β-unsaturated/α-hetero) is 2. The number of nitrogens with zero attached hydrogens (tertiary/aromatic N) is 4. The maximum Gasteiger partial charge on any atom is 0.299 e. The van der Waals surface area contributed by atoms with E-state index in [1.54, 1.807) is 13.2 Å². The first-order valence-corrected chi connectivity index (χ1v) is 16.9. The molecule has 16 heteroatoms. The van der Waals surface area contributed by atoms with Crippen molar-refractivity contribution < 1.29 is 40.8 Å². The Bertz CT molecular complexity index is 1820. The maximum atomic E-state index is 13.0. The van der Waals surface area contributed by atoms with Crippen LogP contribution in [0, 0.1) is 11.3 Å². The van der Waals surface area contributed by atoms with Crippen molar-refractivity contribution in [3.8, 4) is 6.07 Å². The SMILES string of the molecule is CN(CCC#N)S(=O)(=O)c1ccc2c(c1)C(=O)C(=O)N2.COCC1CCCN1S(=O)(=O)c1ccc2c(c1)C(=O)C(=O)N2C(C)C. The smallest absolute Gasteiger partial charge is 0.299 e. The largest absolute Gasteiger partial charge is 0.383 e. The lowest BCUT2D eigenvalue weighted by molar-refractivity contribution is -0.114. The molecule has 2 amide bonds. The Balaban J connectivity index is 0.000000210. The zero-order valence-electron chi connectivity index (χ0n) is 25.1. The zero-order valence-corrected chi connectivity index (χ0v) is 26.8. The molecule has 0 radical (unpaired) electrons. The van der Waals surface area contributed by atoms with Crippen LogP contribution in [0.4, 0.5) is 11.4 Å². The predicted molar refractivity (Wildman–Crippen MR) is 162 cm³/mol. The van der Waals surface area contributed by atoms with Gasteiger partial charge >= 0.3 is 0 Å². The highest BCUT2D eigenvalue weighted by molar-refractivity contribution is 7.89. The molecule has 0 spiro atoms. The summed E-state index contributed by atoms with van der Waals surface area (Å²) in [6.45, 7) is 4.44. The van der Waals surface area contributed by atoms with Gasteiger partial charge in [0.25, 0.3) is 23.4 Å². The Labute approximate surface area is 261 Å².